The third kappa shape index (κ3) is 6.29. The van der Waals surface area contributed by atoms with Gasteiger partial charge in [-0.25, -0.2) is 0 Å². The molecule has 2 atom stereocenters. The monoisotopic (exact) mass is 414 g/mol. The lowest BCUT2D eigenvalue weighted by molar-refractivity contribution is 0.0355. The van der Waals surface area contributed by atoms with Crippen LogP contribution in [0.5, 0.6) is 0 Å². The topological polar surface area (TPSA) is 57.7 Å². The van der Waals surface area contributed by atoms with E-state index in [0.29, 0.717) is 5.92 Å². The van der Waals surface area contributed by atoms with Crippen LogP contribution < -0.4 is 16.0 Å². The Hall–Kier alpha value is -1.89. The van der Waals surface area contributed by atoms with Crippen molar-refractivity contribution in [2.75, 3.05) is 33.4 Å². The number of nitrogens with one attached hydrogen (secondary N) is 3. The molecule has 1 aliphatic rings. The maximum Gasteiger partial charge on any atom is 0.191 e. The molecule has 1 aromatic heterocycles. The van der Waals surface area contributed by atoms with Crippen LogP contribution in [-0.2, 0) is 4.74 Å². The molecule has 0 saturated carbocycles. The van der Waals surface area contributed by atoms with Crippen molar-refractivity contribution in [2.45, 2.75) is 44.2 Å². The van der Waals surface area contributed by atoms with Crippen LogP contribution in [0, 0.1) is 0 Å². The van der Waals surface area contributed by atoms with Gasteiger partial charge in [0, 0.05) is 55.7 Å². The van der Waals surface area contributed by atoms with Crippen molar-refractivity contribution >= 4 is 17.3 Å². The van der Waals surface area contributed by atoms with E-state index in [4.69, 9.17) is 4.74 Å². The summed E-state index contributed by atoms with van der Waals surface area (Å²) in [6.07, 6.45) is 1.97. The molecule has 3 N–H and O–H groups in total. The Morgan fingerprint density at radius 3 is 2.52 bits per heavy atom. The summed E-state index contributed by atoms with van der Waals surface area (Å²) < 4.78 is 5.65. The predicted octanol–water partition coefficient (Wildman–Crippen LogP) is 3.92. The van der Waals surface area contributed by atoms with E-state index in [-0.39, 0.29) is 11.6 Å². The fraction of sp³-hybridized carbons (Fsp3) is 0.522. The normalized spacial score (nSPS) is 18.8. The summed E-state index contributed by atoms with van der Waals surface area (Å²) in [7, 11) is 1.84. The smallest absolute Gasteiger partial charge is 0.191 e. The van der Waals surface area contributed by atoms with Crippen LogP contribution >= 0.6 is 11.3 Å². The van der Waals surface area contributed by atoms with Crippen molar-refractivity contribution in [1.82, 2.24) is 16.0 Å². The lowest BCUT2D eigenvalue weighted by atomic mass is 9.88. The summed E-state index contributed by atoms with van der Waals surface area (Å²) in [5, 5.41) is 13.1. The van der Waals surface area contributed by atoms with Gasteiger partial charge in [-0.3, -0.25) is 4.99 Å². The quantitative estimate of drug-likeness (QED) is 0.453. The second kappa shape index (κ2) is 10.8. The molecule has 2 heterocycles. The summed E-state index contributed by atoms with van der Waals surface area (Å²) in [6.45, 7) is 7.75. The number of nitrogens with zero attached hydrogens (tertiary/aromatic N) is 1. The molecule has 0 bridgehead atoms. The van der Waals surface area contributed by atoms with Gasteiger partial charge in [-0.2, -0.15) is 0 Å². The van der Waals surface area contributed by atoms with Gasteiger partial charge in [-0.05, 0) is 36.8 Å². The van der Waals surface area contributed by atoms with Gasteiger partial charge in [-0.1, -0.05) is 43.3 Å². The number of benzene rings is 1. The lowest BCUT2D eigenvalue weighted by Crippen LogP contribution is -2.58. The first-order valence-electron chi connectivity index (χ1n) is 10.5. The maximum absolute atomic E-state index is 5.65. The largest absolute Gasteiger partial charge is 0.381 e. The van der Waals surface area contributed by atoms with Crippen molar-refractivity contribution < 1.29 is 4.74 Å². The number of rotatable bonds is 8. The van der Waals surface area contributed by atoms with E-state index >= 15 is 0 Å². The van der Waals surface area contributed by atoms with Crippen LogP contribution in [0.3, 0.4) is 0 Å². The Labute approximate surface area is 179 Å². The molecule has 0 amide bonds. The van der Waals surface area contributed by atoms with Gasteiger partial charge in [0.1, 0.15) is 0 Å². The van der Waals surface area contributed by atoms with Crippen LogP contribution in [0.15, 0.2) is 52.8 Å². The Morgan fingerprint density at radius 1 is 1.10 bits per heavy atom. The lowest BCUT2D eigenvalue weighted by Gasteiger charge is -2.41. The van der Waals surface area contributed by atoms with Crippen molar-refractivity contribution in [2.24, 2.45) is 4.99 Å². The molecule has 0 aliphatic carbocycles. The third-order valence-corrected chi connectivity index (χ3v) is 6.80. The summed E-state index contributed by atoms with van der Waals surface area (Å²) >= 11 is 1.81. The average molecular weight is 415 g/mol. The van der Waals surface area contributed by atoms with Crippen molar-refractivity contribution in [3.05, 3.63) is 58.3 Å². The van der Waals surface area contributed by atoms with E-state index in [0.717, 1.165) is 45.1 Å². The average Bonchev–Trinajstić information content (AvgIpc) is 3.30. The van der Waals surface area contributed by atoms with E-state index in [1.807, 2.05) is 7.05 Å². The highest BCUT2D eigenvalue weighted by Crippen LogP contribution is 2.25. The van der Waals surface area contributed by atoms with Crippen LogP contribution in [-0.4, -0.2) is 44.8 Å². The Kier molecular flexibility index (Phi) is 8.09. The van der Waals surface area contributed by atoms with E-state index in [1.165, 1.54) is 10.4 Å². The summed E-state index contributed by atoms with van der Waals surface area (Å²) in [4.78, 5) is 5.83. The second-order valence-corrected chi connectivity index (χ2v) is 8.87. The van der Waals surface area contributed by atoms with Gasteiger partial charge in [-0.15, -0.1) is 11.3 Å². The summed E-state index contributed by atoms with van der Waals surface area (Å²) in [5.41, 5.74) is 1.30. The van der Waals surface area contributed by atoms with Gasteiger partial charge in [0.15, 0.2) is 5.96 Å². The highest BCUT2D eigenvalue weighted by Gasteiger charge is 2.34. The Bertz CT molecular complexity index is 742. The minimum Gasteiger partial charge on any atom is -0.381 e. The zero-order valence-electron chi connectivity index (χ0n) is 17.8. The molecule has 1 fully saturated rings. The molecule has 2 unspecified atom stereocenters. The van der Waals surface area contributed by atoms with Crippen LogP contribution in [0.2, 0.25) is 0 Å². The fourth-order valence-electron chi connectivity index (χ4n) is 3.81. The van der Waals surface area contributed by atoms with Crippen molar-refractivity contribution in [1.29, 1.82) is 0 Å². The van der Waals surface area contributed by atoms with Crippen LogP contribution in [0.1, 0.15) is 49.1 Å². The molecule has 0 radical (unpaired) electrons. The van der Waals surface area contributed by atoms with Crippen LogP contribution in [0.4, 0.5) is 0 Å². The molecule has 3 rings (SSSR count). The Morgan fingerprint density at radius 2 is 1.86 bits per heavy atom. The molecule has 1 aliphatic heterocycles. The van der Waals surface area contributed by atoms with E-state index < -0.39 is 0 Å². The highest BCUT2D eigenvalue weighted by molar-refractivity contribution is 7.10. The molecule has 0 spiro atoms. The molecule has 1 aromatic carbocycles. The molecular formula is C23H34N4OS. The third-order valence-electron chi connectivity index (χ3n) is 5.69. The molecule has 6 heteroatoms. The first kappa shape index (κ1) is 21.8. The predicted molar refractivity (Wildman–Crippen MR) is 123 cm³/mol. The van der Waals surface area contributed by atoms with Gasteiger partial charge in [0.25, 0.3) is 0 Å². The van der Waals surface area contributed by atoms with E-state index in [2.05, 4.69) is 82.6 Å². The number of thiophene rings is 1. The standard InChI is InChI=1S/C23H34N4OS/c1-18(21-10-7-15-29-21)16-25-22(24-3)26-17-23(11-13-28-14-12-23)27-19(2)20-8-5-4-6-9-20/h4-10,15,18-19,27H,11-14,16-17H2,1-3H3,(H2,24,25,26). The molecule has 29 heavy (non-hydrogen) atoms. The molecule has 1 saturated heterocycles. The van der Waals surface area contributed by atoms with Gasteiger partial charge < -0.3 is 20.7 Å². The van der Waals surface area contributed by atoms with Gasteiger partial charge >= 0.3 is 0 Å². The summed E-state index contributed by atoms with van der Waals surface area (Å²) in [6, 6.07) is 15.2. The summed E-state index contributed by atoms with van der Waals surface area (Å²) in [5.74, 6) is 1.32. The zero-order chi connectivity index (χ0) is 20.5. The first-order chi connectivity index (χ1) is 14.1. The second-order valence-electron chi connectivity index (χ2n) is 7.89. The van der Waals surface area contributed by atoms with Crippen LogP contribution in [0.25, 0.3) is 0 Å². The highest BCUT2D eigenvalue weighted by atomic mass is 32.1. The minimum atomic E-state index is -0.00943. The van der Waals surface area contributed by atoms with Gasteiger partial charge in [0.2, 0.25) is 0 Å². The minimum absolute atomic E-state index is 0.00943. The molecule has 5 nitrogen and oxygen atoms in total. The number of ether oxygens (including phenoxy) is 1. The van der Waals surface area contributed by atoms with Gasteiger partial charge in [0.05, 0.1) is 0 Å². The maximum atomic E-state index is 5.65. The van der Waals surface area contributed by atoms with Crippen molar-refractivity contribution in [3.8, 4) is 0 Å². The number of hydrogen-bond acceptors (Lipinski definition) is 4. The first-order valence-corrected chi connectivity index (χ1v) is 11.4. The van der Waals surface area contributed by atoms with Crippen molar-refractivity contribution in [3.63, 3.8) is 0 Å². The number of guanidine groups is 1. The zero-order valence-corrected chi connectivity index (χ0v) is 18.6. The molecule has 158 valence electrons. The number of hydrogen-bond donors (Lipinski definition) is 3. The van der Waals surface area contributed by atoms with E-state index in [9.17, 15) is 0 Å². The van der Waals surface area contributed by atoms with E-state index in [1.54, 1.807) is 11.3 Å². The fourth-order valence-corrected chi connectivity index (χ4v) is 4.60. The molecule has 2 aromatic rings. The Balaban J connectivity index is 1.57. The SMILES string of the molecule is CN=C(NCC(C)c1cccs1)NCC1(NC(C)c2ccccc2)CCOCC1. The number of aliphatic imine (C=N–C) groups is 1. The molecular weight excluding hydrogens is 380 g/mol.